The fourth-order valence-corrected chi connectivity index (χ4v) is 3.09. The van der Waals surface area contributed by atoms with Crippen molar-refractivity contribution in [2.24, 2.45) is 0 Å². The Hall–Kier alpha value is 1.35. The highest BCUT2D eigenvalue weighted by Crippen LogP contribution is 2.37. The van der Waals surface area contributed by atoms with Crippen LogP contribution in [0.25, 0.3) is 0 Å². The first-order chi connectivity index (χ1) is 5.98. The standard InChI is InChI=1S/C9H16BrCl3/c1-2-3-4-5-6-9(10,13)7-8(11)12/h8H,2-7H2,1H3. The molecule has 0 rings (SSSR count). The number of halogens is 4. The zero-order valence-corrected chi connectivity index (χ0v) is 11.7. The summed E-state index contributed by atoms with van der Waals surface area (Å²) < 4.78 is -0.408. The van der Waals surface area contributed by atoms with Gasteiger partial charge in [0.1, 0.15) is 8.62 Å². The van der Waals surface area contributed by atoms with Gasteiger partial charge >= 0.3 is 0 Å². The lowest BCUT2D eigenvalue weighted by molar-refractivity contribution is 0.587. The van der Waals surface area contributed by atoms with Crippen molar-refractivity contribution in [1.82, 2.24) is 0 Å². The average Bonchev–Trinajstić information content (AvgIpc) is 1.95. The van der Waals surface area contributed by atoms with E-state index in [1.165, 1.54) is 19.3 Å². The fraction of sp³-hybridized carbons (Fsp3) is 1.00. The monoisotopic (exact) mass is 308 g/mol. The molecule has 0 aromatic heterocycles. The second-order valence-corrected chi connectivity index (χ2v) is 7.24. The predicted molar refractivity (Wildman–Crippen MR) is 66.4 cm³/mol. The molecule has 0 spiro atoms. The van der Waals surface area contributed by atoms with Gasteiger partial charge in [0.2, 0.25) is 0 Å². The lowest BCUT2D eigenvalue weighted by atomic mass is 10.1. The molecule has 80 valence electrons. The van der Waals surface area contributed by atoms with Crippen LogP contribution in [-0.2, 0) is 0 Å². The van der Waals surface area contributed by atoms with E-state index in [4.69, 9.17) is 34.8 Å². The van der Waals surface area contributed by atoms with Crippen molar-refractivity contribution in [3.63, 3.8) is 0 Å². The zero-order valence-electron chi connectivity index (χ0n) is 7.83. The molecule has 0 bridgehead atoms. The van der Waals surface area contributed by atoms with Crippen molar-refractivity contribution in [3.05, 3.63) is 0 Å². The van der Waals surface area contributed by atoms with E-state index < -0.39 is 3.78 Å². The third kappa shape index (κ3) is 9.65. The van der Waals surface area contributed by atoms with Crippen molar-refractivity contribution in [2.75, 3.05) is 0 Å². The molecule has 1 unspecified atom stereocenters. The molecular formula is C9H16BrCl3. The summed E-state index contributed by atoms with van der Waals surface area (Å²) in [6.45, 7) is 2.19. The molecule has 0 aromatic carbocycles. The fourth-order valence-electron chi connectivity index (χ4n) is 1.14. The Labute approximate surface area is 104 Å². The van der Waals surface area contributed by atoms with E-state index in [1.54, 1.807) is 0 Å². The molecule has 0 fully saturated rings. The lowest BCUT2D eigenvalue weighted by Gasteiger charge is -2.20. The van der Waals surface area contributed by atoms with Crippen LogP contribution in [0.1, 0.15) is 45.4 Å². The van der Waals surface area contributed by atoms with E-state index in [9.17, 15) is 0 Å². The van der Waals surface area contributed by atoms with E-state index in [2.05, 4.69) is 22.9 Å². The molecule has 0 saturated heterocycles. The molecule has 0 radical (unpaired) electrons. The maximum atomic E-state index is 6.16. The van der Waals surface area contributed by atoms with Gasteiger partial charge in [-0.2, -0.15) is 0 Å². The summed E-state index contributed by atoms with van der Waals surface area (Å²) in [6.07, 6.45) is 6.37. The van der Waals surface area contributed by atoms with Crippen LogP contribution in [0.4, 0.5) is 0 Å². The van der Waals surface area contributed by atoms with Crippen LogP contribution >= 0.6 is 50.7 Å². The largest absolute Gasteiger partial charge is 0.110 e. The molecule has 0 aliphatic carbocycles. The third-order valence-electron chi connectivity index (χ3n) is 1.85. The summed E-state index contributed by atoms with van der Waals surface area (Å²) in [7, 11) is 0. The molecule has 0 aromatic rings. The summed E-state index contributed by atoms with van der Waals surface area (Å²) in [4.78, 5) is -0.386. The number of alkyl halides is 4. The SMILES string of the molecule is CCCCCCC(Cl)(Br)CC(Cl)Cl. The predicted octanol–water partition coefficient (Wildman–Crippen LogP) is 5.48. The maximum Gasteiger partial charge on any atom is 0.110 e. The Morgan fingerprint density at radius 2 is 1.85 bits per heavy atom. The van der Waals surface area contributed by atoms with Crippen molar-refractivity contribution in [3.8, 4) is 0 Å². The van der Waals surface area contributed by atoms with Gasteiger partial charge in [-0.1, -0.05) is 48.5 Å². The van der Waals surface area contributed by atoms with Crippen LogP contribution in [-0.4, -0.2) is 8.62 Å². The van der Waals surface area contributed by atoms with E-state index >= 15 is 0 Å². The smallest absolute Gasteiger partial charge is 0.107 e. The van der Waals surface area contributed by atoms with Gasteiger partial charge in [-0.05, 0) is 6.42 Å². The number of unbranched alkanes of at least 4 members (excludes halogenated alkanes) is 3. The Bertz CT molecular complexity index is 126. The van der Waals surface area contributed by atoms with Gasteiger partial charge in [-0.15, -0.1) is 34.8 Å². The van der Waals surface area contributed by atoms with Crippen LogP contribution in [0.15, 0.2) is 0 Å². The van der Waals surface area contributed by atoms with Crippen molar-refractivity contribution < 1.29 is 0 Å². The minimum atomic E-state index is -0.408. The molecule has 0 aliphatic heterocycles. The van der Waals surface area contributed by atoms with Crippen molar-refractivity contribution in [2.45, 2.75) is 54.1 Å². The molecule has 0 saturated carbocycles. The van der Waals surface area contributed by atoms with Gasteiger partial charge in [-0.25, -0.2) is 0 Å². The van der Waals surface area contributed by atoms with Crippen LogP contribution in [0.3, 0.4) is 0 Å². The highest BCUT2D eigenvalue weighted by molar-refractivity contribution is 9.10. The van der Waals surface area contributed by atoms with Gasteiger partial charge in [-0.3, -0.25) is 0 Å². The molecule has 0 heterocycles. The van der Waals surface area contributed by atoms with Crippen LogP contribution < -0.4 is 0 Å². The van der Waals surface area contributed by atoms with Gasteiger partial charge < -0.3 is 0 Å². The second-order valence-electron chi connectivity index (χ2n) is 3.26. The van der Waals surface area contributed by atoms with Gasteiger partial charge in [0.25, 0.3) is 0 Å². The topological polar surface area (TPSA) is 0 Å². The molecule has 13 heavy (non-hydrogen) atoms. The summed E-state index contributed by atoms with van der Waals surface area (Å²) in [6, 6.07) is 0. The minimum Gasteiger partial charge on any atom is -0.107 e. The van der Waals surface area contributed by atoms with Gasteiger partial charge in [0, 0.05) is 6.42 Å². The molecule has 0 nitrogen and oxygen atoms in total. The van der Waals surface area contributed by atoms with E-state index in [0.717, 1.165) is 12.8 Å². The third-order valence-corrected chi connectivity index (χ3v) is 3.22. The summed E-state index contributed by atoms with van der Waals surface area (Å²) in [5, 5.41) is 0. The second kappa shape index (κ2) is 7.62. The number of hydrogen-bond acceptors (Lipinski definition) is 0. The van der Waals surface area contributed by atoms with Crippen LogP contribution in [0, 0.1) is 0 Å². The molecule has 0 N–H and O–H groups in total. The van der Waals surface area contributed by atoms with E-state index in [-0.39, 0.29) is 4.84 Å². The first-order valence-electron chi connectivity index (χ1n) is 4.64. The number of rotatable bonds is 7. The van der Waals surface area contributed by atoms with Crippen molar-refractivity contribution >= 4 is 50.7 Å². The lowest BCUT2D eigenvalue weighted by Crippen LogP contribution is -2.15. The Morgan fingerprint density at radius 3 is 2.31 bits per heavy atom. The van der Waals surface area contributed by atoms with Crippen LogP contribution in [0.2, 0.25) is 0 Å². The first kappa shape index (κ1) is 14.3. The van der Waals surface area contributed by atoms with Crippen molar-refractivity contribution in [1.29, 1.82) is 0 Å². The van der Waals surface area contributed by atoms with Gasteiger partial charge in [0.15, 0.2) is 0 Å². The molecule has 0 aliphatic rings. The zero-order chi connectivity index (χ0) is 10.3. The highest BCUT2D eigenvalue weighted by Gasteiger charge is 2.25. The normalized spacial score (nSPS) is 16.2. The van der Waals surface area contributed by atoms with E-state index in [0.29, 0.717) is 6.42 Å². The van der Waals surface area contributed by atoms with Crippen LogP contribution in [0.5, 0.6) is 0 Å². The molecule has 1 atom stereocenters. The number of hydrogen-bond donors (Lipinski definition) is 0. The quantitative estimate of drug-likeness (QED) is 0.431. The summed E-state index contributed by atoms with van der Waals surface area (Å²) in [5.41, 5.74) is 0. The Balaban J connectivity index is 3.50. The van der Waals surface area contributed by atoms with Gasteiger partial charge in [0.05, 0.1) is 0 Å². The average molecular weight is 310 g/mol. The molecule has 0 amide bonds. The summed E-state index contributed by atoms with van der Waals surface area (Å²) >= 11 is 20.9. The maximum absolute atomic E-state index is 6.16. The molecule has 4 heteroatoms. The Morgan fingerprint density at radius 1 is 1.23 bits per heavy atom. The Kier molecular flexibility index (Phi) is 8.41. The minimum absolute atomic E-state index is 0.386. The molecular weight excluding hydrogens is 294 g/mol. The van der Waals surface area contributed by atoms with E-state index in [1.807, 2.05) is 0 Å². The first-order valence-corrected chi connectivity index (χ1v) is 6.68. The highest BCUT2D eigenvalue weighted by atomic mass is 79.9. The summed E-state index contributed by atoms with van der Waals surface area (Å²) in [5.74, 6) is 0.